The number of nitrogen functional groups attached to an aromatic ring is 1. The number of amides is 1. The normalized spacial score (nSPS) is 17.3. The monoisotopic (exact) mass is 363 g/mol. The zero-order valence-corrected chi connectivity index (χ0v) is 15.5. The van der Waals surface area contributed by atoms with Crippen LogP contribution in [0.5, 0.6) is 0 Å². The fraction of sp³-hybridized carbons (Fsp3) is 0.562. The smallest absolute Gasteiger partial charge is 0.251 e. The fourth-order valence-electron chi connectivity index (χ4n) is 2.59. The summed E-state index contributed by atoms with van der Waals surface area (Å²) in [6.45, 7) is 9.46. The van der Waals surface area contributed by atoms with Gasteiger partial charge in [-0.05, 0) is 38.5 Å². The second-order valence-electron chi connectivity index (χ2n) is 5.73. The van der Waals surface area contributed by atoms with Gasteiger partial charge >= 0.3 is 0 Å². The van der Waals surface area contributed by atoms with Crippen LogP contribution in [-0.4, -0.2) is 49.2 Å². The van der Waals surface area contributed by atoms with Crippen molar-refractivity contribution in [2.45, 2.75) is 32.9 Å². The molecule has 0 aromatic heterocycles. The third-order valence-electron chi connectivity index (χ3n) is 4.21. The van der Waals surface area contributed by atoms with Crippen LogP contribution in [0.15, 0.2) is 18.2 Å². The van der Waals surface area contributed by atoms with Crippen molar-refractivity contribution in [1.29, 1.82) is 0 Å². The Labute approximate surface area is 150 Å². The molecule has 0 saturated carbocycles. The molecule has 1 amide bonds. The highest BCUT2D eigenvalue weighted by molar-refractivity contribution is 5.96. The zero-order chi connectivity index (χ0) is 15.4. The van der Waals surface area contributed by atoms with Crippen LogP contribution in [0.2, 0.25) is 0 Å². The van der Waals surface area contributed by atoms with E-state index in [0.717, 1.165) is 31.9 Å². The van der Waals surface area contributed by atoms with Crippen molar-refractivity contribution in [3.63, 3.8) is 0 Å². The Kier molecular flexibility index (Phi) is 9.54. The minimum Gasteiger partial charge on any atom is -0.399 e. The molecule has 1 aliphatic rings. The number of carbonyl (C=O) groups excluding carboxylic acids is 1. The van der Waals surface area contributed by atoms with Gasteiger partial charge in [0.25, 0.3) is 5.91 Å². The predicted molar refractivity (Wildman–Crippen MR) is 98.9 cm³/mol. The van der Waals surface area contributed by atoms with Gasteiger partial charge in [-0.2, -0.15) is 0 Å². The molecule has 132 valence electrons. The summed E-state index contributed by atoms with van der Waals surface area (Å²) in [6, 6.07) is 5.76. The number of ether oxygens (including phenoxy) is 1. The average Bonchev–Trinajstić information content (AvgIpc) is 2.49. The summed E-state index contributed by atoms with van der Waals surface area (Å²) in [5, 5.41) is 3.08. The minimum absolute atomic E-state index is 0. The van der Waals surface area contributed by atoms with Crippen LogP contribution in [0.4, 0.5) is 5.69 Å². The van der Waals surface area contributed by atoms with Crippen molar-refractivity contribution in [1.82, 2.24) is 10.2 Å². The summed E-state index contributed by atoms with van der Waals surface area (Å²) in [5.74, 6) is -0.0626. The number of aryl methyl sites for hydroxylation is 1. The van der Waals surface area contributed by atoms with Gasteiger partial charge in [0.05, 0.1) is 13.2 Å². The molecule has 0 bridgehead atoms. The molecule has 7 heteroatoms. The van der Waals surface area contributed by atoms with Crippen LogP contribution < -0.4 is 11.1 Å². The van der Waals surface area contributed by atoms with Gasteiger partial charge in [-0.1, -0.05) is 6.07 Å². The van der Waals surface area contributed by atoms with Crippen molar-refractivity contribution in [3.05, 3.63) is 29.3 Å². The highest BCUT2D eigenvalue weighted by Gasteiger charge is 2.23. The first-order valence-electron chi connectivity index (χ1n) is 7.48. The summed E-state index contributed by atoms with van der Waals surface area (Å²) in [7, 11) is 0. The number of nitrogens with one attached hydrogen (secondary N) is 1. The summed E-state index contributed by atoms with van der Waals surface area (Å²) in [6.07, 6.45) is 0. The topological polar surface area (TPSA) is 67.6 Å². The number of anilines is 1. The zero-order valence-electron chi connectivity index (χ0n) is 13.9. The van der Waals surface area contributed by atoms with E-state index in [9.17, 15) is 4.79 Å². The van der Waals surface area contributed by atoms with E-state index in [-0.39, 0.29) is 42.8 Å². The van der Waals surface area contributed by atoms with E-state index in [2.05, 4.69) is 17.1 Å². The largest absolute Gasteiger partial charge is 0.399 e. The van der Waals surface area contributed by atoms with E-state index in [0.29, 0.717) is 11.3 Å². The Bertz CT molecular complexity index is 508. The van der Waals surface area contributed by atoms with Gasteiger partial charge in [-0.15, -0.1) is 24.8 Å². The molecule has 2 atom stereocenters. The number of halogens is 2. The second-order valence-corrected chi connectivity index (χ2v) is 5.73. The van der Waals surface area contributed by atoms with Gasteiger partial charge < -0.3 is 15.8 Å². The van der Waals surface area contributed by atoms with Crippen molar-refractivity contribution < 1.29 is 9.53 Å². The summed E-state index contributed by atoms with van der Waals surface area (Å²) in [5.41, 5.74) is 7.97. The molecule has 1 heterocycles. The highest BCUT2D eigenvalue weighted by atomic mass is 35.5. The molecule has 1 saturated heterocycles. The maximum atomic E-state index is 12.4. The maximum Gasteiger partial charge on any atom is 0.251 e. The predicted octanol–water partition coefficient (Wildman–Crippen LogP) is 2.26. The van der Waals surface area contributed by atoms with E-state index in [1.165, 1.54) is 0 Å². The number of rotatable bonds is 4. The molecule has 23 heavy (non-hydrogen) atoms. The molecule has 0 radical (unpaired) electrons. The summed E-state index contributed by atoms with van der Waals surface area (Å²) in [4.78, 5) is 14.8. The number of benzene rings is 1. The lowest BCUT2D eigenvalue weighted by atomic mass is 10.1. The van der Waals surface area contributed by atoms with E-state index in [1.807, 2.05) is 26.0 Å². The molecule has 1 aromatic carbocycles. The van der Waals surface area contributed by atoms with E-state index in [4.69, 9.17) is 10.5 Å². The molecular weight excluding hydrogens is 337 g/mol. The Balaban J connectivity index is 0.00000242. The number of hydrogen-bond donors (Lipinski definition) is 2. The van der Waals surface area contributed by atoms with Gasteiger partial charge in [0.2, 0.25) is 0 Å². The van der Waals surface area contributed by atoms with Gasteiger partial charge in [0.1, 0.15) is 0 Å². The van der Waals surface area contributed by atoms with Gasteiger partial charge in [0.15, 0.2) is 0 Å². The molecule has 0 spiro atoms. The van der Waals surface area contributed by atoms with Crippen LogP contribution >= 0.6 is 24.8 Å². The van der Waals surface area contributed by atoms with E-state index >= 15 is 0 Å². The standard InChI is InChI=1S/C16H25N3O2.2ClH/c1-11-4-5-14(17)10-15(11)16(20)18-12(2)13(3)19-6-8-21-9-7-19;;/h4-5,10,12-13H,6-9,17H2,1-3H3,(H,18,20);2*1H. The van der Waals surface area contributed by atoms with E-state index in [1.54, 1.807) is 6.07 Å². The average molecular weight is 364 g/mol. The number of nitrogens with zero attached hydrogens (tertiary/aromatic N) is 1. The minimum atomic E-state index is -0.0626. The van der Waals surface area contributed by atoms with Crippen LogP contribution in [0.25, 0.3) is 0 Å². The molecule has 2 rings (SSSR count). The lowest BCUT2D eigenvalue weighted by molar-refractivity contribution is 0.0137. The Morgan fingerprint density at radius 1 is 1.26 bits per heavy atom. The second kappa shape index (κ2) is 9.98. The molecule has 3 N–H and O–H groups in total. The SMILES string of the molecule is Cc1ccc(N)cc1C(=O)NC(C)C(C)N1CCOCC1.Cl.Cl. The van der Waals surface area contributed by atoms with Crippen LogP contribution in [-0.2, 0) is 4.74 Å². The number of nitrogens with two attached hydrogens (primary N) is 1. The van der Waals surface area contributed by atoms with Crippen molar-refractivity contribution in [2.24, 2.45) is 0 Å². The molecule has 2 unspecified atom stereocenters. The van der Waals surface area contributed by atoms with Crippen LogP contribution in [0.3, 0.4) is 0 Å². The summed E-state index contributed by atoms with van der Waals surface area (Å²) < 4.78 is 5.37. The van der Waals surface area contributed by atoms with Crippen molar-refractivity contribution in [2.75, 3.05) is 32.0 Å². The third-order valence-corrected chi connectivity index (χ3v) is 4.21. The first-order chi connectivity index (χ1) is 9.99. The van der Waals surface area contributed by atoms with Crippen molar-refractivity contribution >= 4 is 36.4 Å². The molecule has 1 fully saturated rings. The van der Waals surface area contributed by atoms with Crippen LogP contribution in [0, 0.1) is 6.92 Å². The maximum absolute atomic E-state index is 12.4. The summed E-state index contributed by atoms with van der Waals surface area (Å²) >= 11 is 0. The molecular formula is C16H27Cl2N3O2. The van der Waals surface area contributed by atoms with Crippen LogP contribution in [0.1, 0.15) is 29.8 Å². The third kappa shape index (κ3) is 5.84. The molecule has 5 nitrogen and oxygen atoms in total. The Hall–Kier alpha value is -1.01. The van der Waals surface area contributed by atoms with Crippen molar-refractivity contribution in [3.8, 4) is 0 Å². The lowest BCUT2D eigenvalue weighted by Crippen LogP contribution is -2.52. The molecule has 1 aromatic rings. The van der Waals surface area contributed by atoms with Gasteiger partial charge in [0, 0.05) is 36.4 Å². The Morgan fingerprint density at radius 2 is 1.87 bits per heavy atom. The fourth-order valence-corrected chi connectivity index (χ4v) is 2.59. The molecule has 0 aliphatic carbocycles. The number of morpholine rings is 1. The highest BCUT2D eigenvalue weighted by Crippen LogP contribution is 2.14. The van der Waals surface area contributed by atoms with Gasteiger partial charge in [-0.3, -0.25) is 9.69 Å². The number of hydrogen-bond acceptors (Lipinski definition) is 4. The quantitative estimate of drug-likeness (QED) is 0.805. The first kappa shape index (κ1) is 22.0. The van der Waals surface area contributed by atoms with E-state index < -0.39 is 0 Å². The van der Waals surface area contributed by atoms with Gasteiger partial charge in [-0.25, -0.2) is 0 Å². The lowest BCUT2D eigenvalue weighted by Gasteiger charge is -2.35. The number of carbonyl (C=O) groups is 1. The Morgan fingerprint density at radius 3 is 2.48 bits per heavy atom. The molecule has 1 aliphatic heterocycles. The first-order valence-corrected chi connectivity index (χ1v) is 7.48.